The molecule has 0 saturated carbocycles. The first-order chi connectivity index (χ1) is 11.2. The highest BCUT2D eigenvalue weighted by Gasteiger charge is 2.15. The minimum atomic E-state index is 0.00269. The molecule has 4 heteroatoms. The van der Waals surface area contributed by atoms with Crippen molar-refractivity contribution in [3.05, 3.63) is 59.7 Å². The lowest BCUT2D eigenvalue weighted by Crippen LogP contribution is -2.30. The van der Waals surface area contributed by atoms with Gasteiger partial charge < -0.3 is 14.4 Å². The second kappa shape index (κ2) is 8.22. The summed E-state index contributed by atoms with van der Waals surface area (Å²) in [6.45, 7) is 5.76. The molecule has 23 heavy (non-hydrogen) atoms. The topological polar surface area (TPSA) is 38.8 Å². The molecule has 0 spiro atoms. The van der Waals surface area contributed by atoms with E-state index in [0.29, 0.717) is 36.8 Å². The van der Waals surface area contributed by atoms with Crippen LogP contribution in [0.3, 0.4) is 0 Å². The monoisotopic (exact) mass is 313 g/mol. The number of rotatable bonds is 7. The molecule has 2 aromatic carbocycles. The minimum absolute atomic E-state index is 0.00269. The van der Waals surface area contributed by atoms with Crippen molar-refractivity contribution in [1.82, 2.24) is 4.90 Å². The molecule has 2 aromatic rings. The first-order valence-corrected chi connectivity index (χ1v) is 7.83. The van der Waals surface area contributed by atoms with Crippen molar-refractivity contribution in [2.24, 2.45) is 0 Å². The highest BCUT2D eigenvalue weighted by Crippen LogP contribution is 2.29. The summed E-state index contributed by atoms with van der Waals surface area (Å²) >= 11 is 0. The number of hydrogen-bond acceptors (Lipinski definition) is 3. The van der Waals surface area contributed by atoms with Crippen molar-refractivity contribution in [3.8, 4) is 11.5 Å². The molecule has 2 rings (SSSR count). The predicted octanol–water partition coefficient (Wildman–Crippen LogP) is 3.76. The van der Waals surface area contributed by atoms with Gasteiger partial charge in [0.25, 0.3) is 5.91 Å². The van der Waals surface area contributed by atoms with Crippen molar-refractivity contribution in [2.45, 2.75) is 20.5 Å². The van der Waals surface area contributed by atoms with Crippen molar-refractivity contribution >= 4 is 5.91 Å². The molecule has 1 amide bonds. The minimum Gasteiger partial charge on any atom is -0.493 e. The van der Waals surface area contributed by atoms with Gasteiger partial charge >= 0.3 is 0 Å². The summed E-state index contributed by atoms with van der Waals surface area (Å²) < 4.78 is 11.2. The molecule has 0 aliphatic heterocycles. The third-order valence-electron chi connectivity index (χ3n) is 3.70. The Bertz CT molecular complexity index is 636. The van der Waals surface area contributed by atoms with E-state index in [-0.39, 0.29) is 5.91 Å². The molecule has 0 atom stereocenters. The molecule has 0 heterocycles. The van der Waals surface area contributed by atoms with Crippen molar-refractivity contribution < 1.29 is 14.3 Å². The highest BCUT2D eigenvalue weighted by atomic mass is 16.5. The van der Waals surface area contributed by atoms with Gasteiger partial charge in [0.05, 0.1) is 7.11 Å². The zero-order valence-electron chi connectivity index (χ0n) is 13.9. The van der Waals surface area contributed by atoms with E-state index in [1.165, 1.54) is 0 Å². The molecule has 0 aliphatic carbocycles. The van der Waals surface area contributed by atoms with E-state index in [9.17, 15) is 4.79 Å². The Balaban J connectivity index is 2.14. The van der Waals surface area contributed by atoms with E-state index in [4.69, 9.17) is 9.47 Å². The molecular weight excluding hydrogens is 290 g/mol. The van der Waals surface area contributed by atoms with Gasteiger partial charge in [0.2, 0.25) is 0 Å². The van der Waals surface area contributed by atoms with Crippen LogP contribution in [0.15, 0.2) is 48.5 Å². The second-order valence-corrected chi connectivity index (χ2v) is 5.12. The summed E-state index contributed by atoms with van der Waals surface area (Å²) in [7, 11) is 1.58. The summed E-state index contributed by atoms with van der Waals surface area (Å²) in [6, 6.07) is 15.2. The molecule has 0 radical (unpaired) electrons. The highest BCUT2D eigenvalue weighted by molar-refractivity contribution is 5.94. The van der Waals surface area contributed by atoms with Gasteiger partial charge in [0.1, 0.15) is 6.61 Å². The van der Waals surface area contributed by atoms with E-state index >= 15 is 0 Å². The molecule has 122 valence electrons. The fourth-order valence-corrected chi connectivity index (χ4v) is 2.35. The quantitative estimate of drug-likeness (QED) is 0.781. The lowest BCUT2D eigenvalue weighted by molar-refractivity contribution is 0.0772. The van der Waals surface area contributed by atoms with Crippen LogP contribution < -0.4 is 9.47 Å². The van der Waals surface area contributed by atoms with E-state index < -0.39 is 0 Å². The molecule has 0 aliphatic rings. The van der Waals surface area contributed by atoms with Crippen LogP contribution in [0.4, 0.5) is 0 Å². The lowest BCUT2D eigenvalue weighted by Gasteiger charge is -2.19. The summed E-state index contributed by atoms with van der Waals surface area (Å²) in [4.78, 5) is 14.2. The van der Waals surface area contributed by atoms with Gasteiger partial charge in [-0.1, -0.05) is 30.3 Å². The third-order valence-corrected chi connectivity index (χ3v) is 3.70. The fourth-order valence-electron chi connectivity index (χ4n) is 2.35. The first kappa shape index (κ1) is 16.9. The number of ether oxygens (including phenoxy) is 2. The molecular formula is C19H23NO3. The molecule has 0 fully saturated rings. The number of methoxy groups -OCH3 is 1. The summed E-state index contributed by atoms with van der Waals surface area (Å²) in [5.41, 5.74) is 1.69. The van der Waals surface area contributed by atoms with Crippen molar-refractivity contribution in [1.29, 1.82) is 0 Å². The first-order valence-electron chi connectivity index (χ1n) is 7.83. The summed E-state index contributed by atoms with van der Waals surface area (Å²) in [6.07, 6.45) is 0. The van der Waals surface area contributed by atoms with Crippen molar-refractivity contribution in [3.63, 3.8) is 0 Å². The summed E-state index contributed by atoms with van der Waals surface area (Å²) in [5, 5.41) is 0. The zero-order chi connectivity index (χ0) is 16.7. The maximum absolute atomic E-state index is 12.4. The molecule has 0 N–H and O–H groups in total. The smallest absolute Gasteiger partial charge is 0.253 e. The number of amides is 1. The number of hydrogen-bond donors (Lipinski definition) is 0. The Morgan fingerprint density at radius 1 is 1.00 bits per heavy atom. The van der Waals surface area contributed by atoms with E-state index in [1.54, 1.807) is 30.2 Å². The van der Waals surface area contributed by atoms with Gasteiger partial charge in [-0.2, -0.15) is 0 Å². The van der Waals surface area contributed by atoms with Crippen LogP contribution in [0, 0.1) is 0 Å². The van der Waals surface area contributed by atoms with Gasteiger partial charge in [-0.25, -0.2) is 0 Å². The van der Waals surface area contributed by atoms with E-state index in [0.717, 1.165) is 5.56 Å². The Kier molecular flexibility index (Phi) is 6.03. The number of carbonyl (C=O) groups is 1. The maximum Gasteiger partial charge on any atom is 0.253 e. The lowest BCUT2D eigenvalue weighted by atomic mass is 10.1. The zero-order valence-corrected chi connectivity index (χ0v) is 13.9. The molecule has 0 aromatic heterocycles. The fraction of sp³-hybridized carbons (Fsp3) is 0.316. The second-order valence-electron chi connectivity index (χ2n) is 5.12. The Morgan fingerprint density at radius 3 is 2.30 bits per heavy atom. The largest absolute Gasteiger partial charge is 0.493 e. The standard InChI is InChI=1S/C19H23NO3/c1-4-20(5-2)19(21)16-11-12-17(18(13-16)22-3)23-14-15-9-7-6-8-10-15/h6-13H,4-5,14H2,1-3H3. The van der Waals surface area contributed by atoms with Crippen LogP contribution in [0.2, 0.25) is 0 Å². The number of carbonyl (C=O) groups excluding carboxylic acids is 1. The maximum atomic E-state index is 12.4. The van der Waals surface area contributed by atoms with Gasteiger partial charge in [-0.15, -0.1) is 0 Å². The number of benzene rings is 2. The van der Waals surface area contributed by atoms with Crippen LogP contribution in [0.25, 0.3) is 0 Å². The average Bonchev–Trinajstić information content (AvgIpc) is 2.61. The van der Waals surface area contributed by atoms with Crippen LogP contribution in [-0.2, 0) is 6.61 Å². The number of nitrogens with zero attached hydrogens (tertiary/aromatic N) is 1. The molecule has 0 unspecified atom stereocenters. The van der Waals surface area contributed by atoms with Gasteiger partial charge in [-0.05, 0) is 37.6 Å². The normalized spacial score (nSPS) is 10.2. The third kappa shape index (κ3) is 4.25. The van der Waals surface area contributed by atoms with Crippen LogP contribution in [-0.4, -0.2) is 31.0 Å². The predicted molar refractivity (Wildman–Crippen MR) is 91.0 cm³/mol. The van der Waals surface area contributed by atoms with E-state index in [2.05, 4.69) is 0 Å². The molecule has 4 nitrogen and oxygen atoms in total. The van der Waals surface area contributed by atoms with E-state index in [1.807, 2.05) is 44.2 Å². The molecule has 0 saturated heterocycles. The summed E-state index contributed by atoms with van der Waals surface area (Å²) in [5.74, 6) is 1.20. The Labute approximate surface area is 137 Å². The SMILES string of the molecule is CCN(CC)C(=O)c1ccc(OCc2ccccc2)c(OC)c1. The Morgan fingerprint density at radius 2 is 1.70 bits per heavy atom. The van der Waals surface area contributed by atoms with Crippen LogP contribution >= 0.6 is 0 Å². The van der Waals surface area contributed by atoms with Gasteiger partial charge in [0, 0.05) is 18.7 Å². The van der Waals surface area contributed by atoms with Crippen molar-refractivity contribution in [2.75, 3.05) is 20.2 Å². The average molecular weight is 313 g/mol. The molecule has 0 bridgehead atoms. The van der Waals surface area contributed by atoms with Gasteiger partial charge in [-0.3, -0.25) is 4.79 Å². The Hall–Kier alpha value is -2.49. The van der Waals surface area contributed by atoms with Crippen LogP contribution in [0.5, 0.6) is 11.5 Å². The van der Waals surface area contributed by atoms with Gasteiger partial charge in [0.15, 0.2) is 11.5 Å². The van der Waals surface area contributed by atoms with Crippen LogP contribution in [0.1, 0.15) is 29.8 Å².